The Hall–Kier alpha value is -2.82. The minimum absolute atomic E-state index is 0.000821. The van der Waals surface area contributed by atoms with Crippen molar-refractivity contribution in [2.24, 2.45) is 0 Å². The third-order valence-corrected chi connectivity index (χ3v) is 19.0. The Morgan fingerprint density at radius 2 is 0.620 bits per heavy atom. The monoisotopic (exact) mass is 1340 g/mol. The number of amides is 2. The van der Waals surface area contributed by atoms with Gasteiger partial charge in [0.15, 0.2) is 0 Å². The molecule has 0 spiro atoms. The number of carbonyl (C=O) groups excluding carboxylic acids is 6. The van der Waals surface area contributed by atoms with E-state index < -0.39 is 0 Å². The number of carbonyl (C=O) groups is 6. The summed E-state index contributed by atoms with van der Waals surface area (Å²) >= 11 is 2.64. The molecule has 0 fully saturated rings. The topological polar surface area (TPSA) is 152 Å². The normalized spacial score (nSPS) is 12.0. The Morgan fingerprint density at radius 1 is 0.315 bits per heavy atom. The van der Waals surface area contributed by atoms with Gasteiger partial charge in [-0.15, -0.1) is 0 Å². The second-order valence-electron chi connectivity index (χ2n) is 26.8. The number of hydrogen-bond acceptors (Lipinski definition) is 14. The summed E-state index contributed by atoms with van der Waals surface area (Å²) in [6, 6.07) is 0. The van der Waals surface area contributed by atoms with Crippen LogP contribution in [0.5, 0.6) is 0 Å². The van der Waals surface area contributed by atoms with Crippen LogP contribution in [0, 0.1) is 0 Å². The fourth-order valence-electron chi connectivity index (χ4n) is 11.3. The van der Waals surface area contributed by atoms with Crippen LogP contribution < -0.4 is 0 Å². The van der Waals surface area contributed by atoms with Crippen LogP contribution in [0.2, 0.25) is 0 Å². The predicted octanol–water partition coefficient (Wildman–Crippen LogP) is 20.7. The first-order valence-corrected chi connectivity index (χ1v) is 40.2. The van der Waals surface area contributed by atoms with Crippen LogP contribution in [-0.4, -0.2) is 158 Å². The number of nitrogens with zero attached hydrogens (tertiary/aromatic N) is 4. The minimum atomic E-state index is -0.206. The van der Waals surface area contributed by atoms with Crippen LogP contribution in [-0.2, 0) is 38.1 Å². The highest BCUT2D eigenvalue weighted by Gasteiger charge is 2.22. The molecule has 0 N–H and O–H groups in total. The van der Waals surface area contributed by atoms with Crippen LogP contribution in [0.3, 0.4) is 0 Å². The summed E-state index contributed by atoms with van der Waals surface area (Å²) in [5.74, 6) is 0.717. The molecule has 0 aromatic heterocycles. The van der Waals surface area contributed by atoms with Crippen molar-refractivity contribution >= 4 is 57.9 Å². The molecule has 0 radical (unpaired) electrons. The zero-order chi connectivity index (χ0) is 67.8. The molecule has 14 nitrogen and oxygen atoms in total. The Kier molecular flexibility index (Phi) is 64.7. The van der Waals surface area contributed by atoms with E-state index in [0.29, 0.717) is 82.8 Å². The third kappa shape index (κ3) is 59.7. The van der Waals surface area contributed by atoms with Gasteiger partial charge in [0.05, 0.1) is 6.42 Å². The molecule has 0 saturated heterocycles. The van der Waals surface area contributed by atoms with Gasteiger partial charge in [0.2, 0.25) is 0 Å². The van der Waals surface area contributed by atoms with Crippen LogP contribution in [0.4, 0.5) is 9.59 Å². The van der Waals surface area contributed by atoms with E-state index in [-0.39, 0.29) is 59.1 Å². The molecule has 0 aliphatic heterocycles. The first kappa shape index (κ1) is 89.2. The lowest BCUT2D eigenvalue weighted by atomic mass is 10.0. The maximum Gasteiger partial charge on any atom is 0.307 e. The first-order valence-electron chi connectivity index (χ1n) is 38.2. The van der Waals surface area contributed by atoms with Crippen molar-refractivity contribution in [1.82, 2.24) is 19.6 Å². The van der Waals surface area contributed by atoms with Crippen molar-refractivity contribution in [2.45, 2.75) is 355 Å². The van der Waals surface area contributed by atoms with Gasteiger partial charge < -0.3 is 38.5 Å². The van der Waals surface area contributed by atoms with Gasteiger partial charge in [-0.2, -0.15) is 0 Å². The Balaban J connectivity index is 4.63. The lowest BCUT2D eigenvalue weighted by Gasteiger charge is -2.23. The highest BCUT2D eigenvalue weighted by atomic mass is 32.2. The van der Waals surface area contributed by atoms with E-state index in [4.69, 9.17) is 18.9 Å². The van der Waals surface area contributed by atoms with Crippen molar-refractivity contribution in [1.29, 1.82) is 0 Å². The van der Waals surface area contributed by atoms with E-state index in [1.165, 1.54) is 133 Å². The molecular formula is C76H144N4O10S2. The fourth-order valence-corrected chi connectivity index (χ4v) is 13.3. The van der Waals surface area contributed by atoms with Gasteiger partial charge in [0.25, 0.3) is 10.5 Å². The van der Waals surface area contributed by atoms with Gasteiger partial charge in [-0.1, -0.05) is 224 Å². The number of hydrogen-bond donors (Lipinski definition) is 0. The summed E-state index contributed by atoms with van der Waals surface area (Å²) in [7, 11) is 8.02. The molecule has 2 amide bonds. The molecule has 1 unspecified atom stereocenters. The fraction of sp³-hybridized carbons (Fsp3) is 0.895. The summed E-state index contributed by atoms with van der Waals surface area (Å²) in [5.41, 5.74) is 0. The molecule has 92 heavy (non-hydrogen) atoms. The molecule has 0 rings (SSSR count). The van der Waals surface area contributed by atoms with Crippen molar-refractivity contribution < 1.29 is 47.7 Å². The van der Waals surface area contributed by atoms with E-state index >= 15 is 0 Å². The van der Waals surface area contributed by atoms with Crippen LogP contribution in [0.25, 0.3) is 0 Å². The maximum atomic E-state index is 13.4. The Labute approximate surface area is 574 Å². The Morgan fingerprint density at radius 3 is 1.05 bits per heavy atom. The number of rotatable bonds is 67. The van der Waals surface area contributed by atoms with E-state index in [9.17, 15) is 28.8 Å². The van der Waals surface area contributed by atoms with Crippen molar-refractivity contribution in [2.75, 3.05) is 85.6 Å². The van der Waals surface area contributed by atoms with Gasteiger partial charge in [-0.05, 0) is 150 Å². The quantitative estimate of drug-likeness (QED) is 0.0246. The van der Waals surface area contributed by atoms with E-state index in [0.717, 1.165) is 161 Å². The molecule has 0 saturated carbocycles. The zero-order valence-electron chi connectivity index (χ0n) is 61.2. The largest absolute Gasteiger partial charge is 0.462 e. The van der Waals surface area contributed by atoms with Gasteiger partial charge in [0.1, 0.15) is 24.9 Å². The predicted molar refractivity (Wildman–Crippen MR) is 391 cm³/mol. The molecule has 0 aromatic rings. The highest BCUT2D eigenvalue weighted by molar-refractivity contribution is 8.13. The van der Waals surface area contributed by atoms with Gasteiger partial charge in [-0.25, -0.2) is 0 Å². The zero-order valence-corrected chi connectivity index (χ0v) is 62.8. The Bertz CT molecular complexity index is 1750. The van der Waals surface area contributed by atoms with Gasteiger partial charge in [-0.3, -0.25) is 28.8 Å². The second kappa shape index (κ2) is 66.8. The summed E-state index contributed by atoms with van der Waals surface area (Å²) in [6.45, 7) is 14.9. The molecule has 0 bridgehead atoms. The lowest BCUT2D eigenvalue weighted by molar-refractivity contribution is -0.151. The van der Waals surface area contributed by atoms with E-state index in [1.807, 2.05) is 39.2 Å². The number of thioether (sulfide) groups is 2. The maximum absolute atomic E-state index is 13.4. The molecule has 0 aliphatic carbocycles. The molecule has 16 heteroatoms. The number of esters is 4. The third-order valence-electron chi connectivity index (χ3n) is 17.3. The first-order chi connectivity index (χ1) is 44.7. The highest BCUT2D eigenvalue weighted by Crippen LogP contribution is 2.22. The lowest BCUT2D eigenvalue weighted by Crippen LogP contribution is -2.32. The van der Waals surface area contributed by atoms with Crippen LogP contribution in [0.1, 0.15) is 336 Å². The average Bonchev–Trinajstić information content (AvgIpc) is 2.34. The van der Waals surface area contributed by atoms with Crippen molar-refractivity contribution in [3.8, 4) is 0 Å². The number of ether oxygens (including phenoxy) is 4. The molecule has 0 heterocycles. The van der Waals surface area contributed by atoms with Gasteiger partial charge >= 0.3 is 23.9 Å². The van der Waals surface area contributed by atoms with Crippen molar-refractivity contribution in [3.05, 3.63) is 12.2 Å². The second-order valence-corrected chi connectivity index (χ2v) is 28.9. The smallest absolute Gasteiger partial charge is 0.307 e. The SMILES string of the molecule is CCCCCCCC(CCCCCCC)OC(=O)CCN(CCCCCC(=O)OC/C=C\CCCCCCCCCCCCC(CCCCCC)OC(=O)CCCN(CCCCC(=O)OC(CCCCC)CCCCC)C(=O)SCCN(C)C)C(=O)SCCN(C)C. The number of allylic oxidation sites excluding steroid dienone is 1. The molecule has 0 aliphatic rings. The van der Waals surface area contributed by atoms with Crippen LogP contribution in [0.15, 0.2) is 12.2 Å². The summed E-state index contributed by atoms with van der Waals surface area (Å²) in [6.07, 6.45) is 51.3. The average molecular weight is 1340 g/mol. The molecule has 540 valence electrons. The van der Waals surface area contributed by atoms with Gasteiger partial charge in [0, 0.05) is 70.0 Å². The minimum Gasteiger partial charge on any atom is -0.462 e. The summed E-state index contributed by atoms with van der Waals surface area (Å²) in [5, 5.41) is 0.0341. The van der Waals surface area contributed by atoms with E-state index in [1.54, 1.807) is 4.90 Å². The van der Waals surface area contributed by atoms with E-state index in [2.05, 4.69) is 50.5 Å². The molecular weight excluding hydrogens is 1190 g/mol. The molecule has 0 aromatic carbocycles. The number of unbranched alkanes of at least 4 members (excludes halogenated alkanes) is 28. The summed E-state index contributed by atoms with van der Waals surface area (Å²) in [4.78, 5) is 86.4. The molecule has 1 atom stereocenters. The summed E-state index contributed by atoms with van der Waals surface area (Å²) < 4.78 is 23.7. The van der Waals surface area contributed by atoms with Crippen molar-refractivity contribution in [3.63, 3.8) is 0 Å². The van der Waals surface area contributed by atoms with Crippen LogP contribution >= 0.6 is 23.5 Å². The standard InChI is InChI=1S/C76H144N4O10S2/c1-10-15-20-32-40-52-70(53-41-33-21-16-11-2)90-74(84)58-62-80(76(86)92-67-64-78(8)9)59-45-36-43-55-71(81)87-65-47-35-31-29-27-25-23-24-26-28-30-34-42-54-69(51-39-22-17-12-3)89-73(83)57-48-61-79(75(85)91-66-63-77(6)7)60-46-44-56-72(82)88-68(49-37-18-13-4)50-38-19-14-5/h35,47,68-70H,10-34,36-46,48-67H2,1-9H3/b47-35-.